The van der Waals surface area contributed by atoms with E-state index >= 15 is 0 Å². The third kappa shape index (κ3) is 1.82. The van der Waals surface area contributed by atoms with Gasteiger partial charge >= 0.3 is 5.97 Å². The van der Waals surface area contributed by atoms with E-state index in [0.717, 1.165) is 19.3 Å². The highest BCUT2D eigenvalue weighted by atomic mass is 16.5. The van der Waals surface area contributed by atoms with Gasteiger partial charge in [-0.05, 0) is 48.9 Å². The van der Waals surface area contributed by atoms with Crippen LogP contribution in [-0.2, 0) is 12.8 Å². The number of rotatable bonds is 2. The molecule has 0 aromatic heterocycles. The second-order valence-electron chi connectivity index (χ2n) is 3.83. The fourth-order valence-electron chi connectivity index (χ4n) is 2.10. The molecule has 1 aromatic rings. The van der Waals surface area contributed by atoms with Crippen molar-refractivity contribution < 1.29 is 14.6 Å². The average Bonchev–Trinajstić information content (AvgIpc) is 2.27. The van der Waals surface area contributed by atoms with Crippen LogP contribution in [-0.4, -0.2) is 18.2 Å². The van der Waals surface area contributed by atoms with Crippen molar-refractivity contribution >= 4 is 5.97 Å². The van der Waals surface area contributed by atoms with Gasteiger partial charge in [0, 0.05) is 0 Å². The number of carbonyl (C=O) groups is 1. The molecule has 0 aliphatic heterocycles. The monoisotopic (exact) mass is 206 g/mol. The molecular weight excluding hydrogens is 192 g/mol. The van der Waals surface area contributed by atoms with Crippen LogP contribution in [0, 0.1) is 0 Å². The number of aromatic carboxylic acids is 1. The Morgan fingerprint density at radius 1 is 1.27 bits per heavy atom. The number of hydrogen-bond acceptors (Lipinski definition) is 2. The summed E-state index contributed by atoms with van der Waals surface area (Å²) in [7, 11) is 1.51. The van der Waals surface area contributed by atoms with Gasteiger partial charge < -0.3 is 9.84 Å². The molecule has 1 aliphatic rings. The zero-order valence-corrected chi connectivity index (χ0v) is 8.75. The topological polar surface area (TPSA) is 46.5 Å². The van der Waals surface area contributed by atoms with Crippen molar-refractivity contribution in [2.24, 2.45) is 0 Å². The van der Waals surface area contributed by atoms with Gasteiger partial charge in [-0.1, -0.05) is 0 Å². The minimum Gasteiger partial charge on any atom is -0.496 e. The van der Waals surface area contributed by atoms with Crippen molar-refractivity contribution in [3.63, 3.8) is 0 Å². The quantitative estimate of drug-likeness (QED) is 0.807. The molecule has 1 aliphatic carbocycles. The molecule has 80 valence electrons. The summed E-state index contributed by atoms with van der Waals surface area (Å²) in [6, 6.07) is 3.63. The van der Waals surface area contributed by atoms with E-state index in [1.807, 2.05) is 6.07 Å². The Balaban J connectivity index is 2.51. The molecule has 0 amide bonds. The van der Waals surface area contributed by atoms with Gasteiger partial charge in [-0.2, -0.15) is 0 Å². The van der Waals surface area contributed by atoms with E-state index in [0.29, 0.717) is 5.75 Å². The van der Waals surface area contributed by atoms with E-state index in [9.17, 15) is 4.79 Å². The molecule has 0 unspecified atom stereocenters. The van der Waals surface area contributed by atoms with Crippen molar-refractivity contribution in [3.8, 4) is 5.75 Å². The van der Waals surface area contributed by atoms with E-state index in [2.05, 4.69) is 0 Å². The van der Waals surface area contributed by atoms with Gasteiger partial charge in [-0.25, -0.2) is 4.79 Å². The van der Waals surface area contributed by atoms with Crippen LogP contribution in [0.15, 0.2) is 12.1 Å². The third-order valence-corrected chi connectivity index (χ3v) is 2.89. The van der Waals surface area contributed by atoms with Gasteiger partial charge in [0.05, 0.1) is 7.11 Å². The number of methoxy groups -OCH3 is 1. The highest BCUT2D eigenvalue weighted by Gasteiger charge is 2.17. The van der Waals surface area contributed by atoms with Crippen LogP contribution in [0.3, 0.4) is 0 Å². The lowest BCUT2D eigenvalue weighted by Crippen LogP contribution is -2.08. The fourth-order valence-corrected chi connectivity index (χ4v) is 2.10. The minimum atomic E-state index is -0.916. The zero-order valence-electron chi connectivity index (χ0n) is 8.75. The van der Waals surface area contributed by atoms with Crippen molar-refractivity contribution in [2.75, 3.05) is 7.11 Å². The number of carboxylic acid groups (broad SMARTS) is 1. The summed E-state index contributed by atoms with van der Waals surface area (Å²) in [6.07, 6.45) is 4.35. The van der Waals surface area contributed by atoms with Gasteiger partial charge in [0.25, 0.3) is 0 Å². The summed E-state index contributed by atoms with van der Waals surface area (Å²) in [6.45, 7) is 0. The lowest BCUT2D eigenvalue weighted by molar-refractivity contribution is 0.0693. The summed E-state index contributed by atoms with van der Waals surface area (Å²) in [4.78, 5) is 11.0. The van der Waals surface area contributed by atoms with Gasteiger partial charge in [-0.15, -0.1) is 0 Å². The van der Waals surface area contributed by atoms with Gasteiger partial charge in [0.15, 0.2) is 0 Å². The molecule has 3 nitrogen and oxygen atoms in total. The first kappa shape index (κ1) is 10.0. The second-order valence-corrected chi connectivity index (χ2v) is 3.83. The van der Waals surface area contributed by atoms with Crippen LogP contribution in [0.25, 0.3) is 0 Å². The largest absolute Gasteiger partial charge is 0.496 e. The molecule has 0 bridgehead atoms. The molecule has 0 heterocycles. The number of hydrogen-bond donors (Lipinski definition) is 1. The Hall–Kier alpha value is -1.51. The maximum absolute atomic E-state index is 11.0. The molecule has 0 radical (unpaired) electrons. The Bertz CT molecular complexity index is 396. The smallest absolute Gasteiger partial charge is 0.339 e. The van der Waals surface area contributed by atoms with Crippen molar-refractivity contribution in [3.05, 3.63) is 28.8 Å². The molecule has 0 spiro atoms. The normalized spacial score (nSPS) is 14.5. The van der Waals surface area contributed by atoms with Crippen LogP contribution < -0.4 is 4.74 Å². The Morgan fingerprint density at radius 3 is 2.40 bits per heavy atom. The van der Waals surface area contributed by atoms with Crippen LogP contribution in [0.1, 0.15) is 34.3 Å². The predicted octanol–water partition coefficient (Wildman–Crippen LogP) is 2.27. The lowest BCUT2D eigenvalue weighted by Gasteiger charge is -2.17. The number of benzene rings is 1. The van der Waals surface area contributed by atoms with Gasteiger partial charge in [0.2, 0.25) is 0 Å². The minimum absolute atomic E-state index is 0.276. The molecule has 1 N–H and O–H groups in total. The van der Waals surface area contributed by atoms with Crippen molar-refractivity contribution in [1.29, 1.82) is 0 Å². The summed E-state index contributed by atoms with van der Waals surface area (Å²) in [5.41, 5.74) is 2.68. The first-order chi connectivity index (χ1) is 7.22. The summed E-state index contributed by atoms with van der Waals surface area (Å²) in [5, 5.41) is 9.02. The summed E-state index contributed by atoms with van der Waals surface area (Å²) < 4.78 is 5.09. The fraction of sp³-hybridized carbons (Fsp3) is 0.417. The van der Waals surface area contributed by atoms with E-state index in [-0.39, 0.29) is 5.56 Å². The van der Waals surface area contributed by atoms with Crippen molar-refractivity contribution in [1.82, 2.24) is 0 Å². The number of ether oxygens (including phenoxy) is 1. The number of carboxylic acids is 1. The highest BCUT2D eigenvalue weighted by molar-refractivity contribution is 5.91. The number of fused-ring (bicyclic) bond motifs is 1. The first-order valence-electron chi connectivity index (χ1n) is 5.15. The first-order valence-corrected chi connectivity index (χ1v) is 5.15. The van der Waals surface area contributed by atoms with Crippen LogP contribution in [0.5, 0.6) is 5.75 Å². The molecule has 0 saturated carbocycles. The Kier molecular flexibility index (Phi) is 2.62. The number of aryl methyl sites for hydroxylation is 2. The van der Waals surface area contributed by atoms with Crippen LogP contribution >= 0.6 is 0 Å². The van der Waals surface area contributed by atoms with Crippen molar-refractivity contribution in [2.45, 2.75) is 25.7 Å². The SMILES string of the molecule is COc1cc2c(cc1C(=O)O)CCCC2. The molecule has 0 saturated heterocycles. The molecule has 0 atom stereocenters. The molecule has 2 rings (SSSR count). The van der Waals surface area contributed by atoms with E-state index in [4.69, 9.17) is 9.84 Å². The Morgan fingerprint density at radius 2 is 1.87 bits per heavy atom. The van der Waals surface area contributed by atoms with E-state index in [1.165, 1.54) is 24.7 Å². The summed E-state index contributed by atoms with van der Waals surface area (Å²) >= 11 is 0. The molecular formula is C12H14O3. The maximum Gasteiger partial charge on any atom is 0.339 e. The third-order valence-electron chi connectivity index (χ3n) is 2.89. The standard InChI is InChI=1S/C12H14O3/c1-15-11-7-9-5-3-2-4-8(9)6-10(11)12(13)14/h6-7H,2-5H2,1H3,(H,13,14). The second kappa shape index (κ2) is 3.93. The maximum atomic E-state index is 11.0. The average molecular weight is 206 g/mol. The predicted molar refractivity (Wildman–Crippen MR) is 56.6 cm³/mol. The van der Waals surface area contributed by atoms with E-state index in [1.54, 1.807) is 6.07 Å². The highest BCUT2D eigenvalue weighted by Crippen LogP contribution is 2.28. The molecule has 3 heteroatoms. The molecule has 15 heavy (non-hydrogen) atoms. The van der Waals surface area contributed by atoms with Gasteiger partial charge in [0.1, 0.15) is 11.3 Å². The zero-order chi connectivity index (χ0) is 10.8. The van der Waals surface area contributed by atoms with Crippen LogP contribution in [0.2, 0.25) is 0 Å². The van der Waals surface area contributed by atoms with E-state index < -0.39 is 5.97 Å². The lowest BCUT2D eigenvalue weighted by atomic mass is 9.90. The summed E-state index contributed by atoms with van der Waals surface area (Å²) in [5.74, 6) is -0.441. The molecule has 1 aromatic carbocycles. The molecule has 0 fully saturated rings. The van der Waals surface area contributed by atoms with Gasteiger partial charge in [-0.3, -0.25) is 0 Å². The Labute approximate surface area is 88.7 Å². The van der Waals surface area contributed by atoms with Crippen LogP contribution in [0.4, 0.5) is 0 Å².